The third-order valence-corrected chi connectivity index (χ3v) is 4.44. The summed E-state index contributed by atoms with van der Waals surface area (Å²) in [4.78, 5) is 14.7. The van der Waals surface area contributed by atoms with E-state index < -0.39 is 0 Å². The molecule has 2 fully saturated rings. The molecule has 0 aromatic carbocycles. The van der Waals surface area contributed by atoms with Crippen LogP contribution in [0.3, 0.4) is 0 Å². The molecule has 0 N–H and O–H groups in total. The normalized spacial score (nSPS) is 29.0. The number of carbonyl (C=O) groups excluding carboxylic acids is 1. The highest BCUT2D eigenvalue weighted by atomic mass is 16.1. The molecule has 1 heterocycles. The summed E-state index contributed by atoms with van der Waals surface area (Å²) in [6.45, 7) is 9.63. The standard InChI is InChI=1S/C14H25NO/c1-10(2)13(16)12-9-14(5-6-14)7-8-15(12)11(3)4/h10-12H,5-9H2,1-4H3/t12-/m0/s1. The van der Waals surface area contributed by atoms with E-state index in [2.05, 4.69) is 18.7 Å². The van der Waals surface area contributed by atoms with E-state index in [4.69, 9.17) is 0 Å². The predicted molar refractivity (Wildman–Crippen MR) is 66.4 cm³/mol. The van der Waals surface area contributed by atoms with Crippen LogP contribution < -0.4 is 0 Å². The van der Waals surface area contributed by atoms with Gasteiger partial charge in [-0.2, -0.15) is 0 Å². The van der Waals surface area contributed by atoms with Crippen molar-refractivity contribution in [1.29, 1.82) is 0 Å². The maximum absolute atomic E-state index is 12.3. The Morgan fingerprint density at radius 1 is 1.19 bits per heavy atom. The lowest BCUT2D eigenvalue weighted by Crippen LogP contribution is -2.51. The van der Waals surface area contributed by atoms with Crippen LogP contribution >= 0.6 is 0 Å². The summed E-state index contributed by atoms with van der Waals surface area (Å²) < 4.78 is 0. The molecule has 1 saturated carbocycles. The molecule has 0 amide bonds. The maximum Gasteiger partial charge on any atom is 0.152 e. The minimum Gasteiger partial charge on any atom is -0.298 e. The molecule has 0 aromatic heterocycles. The minimum atomic E-state index is 0.181. The van der Waals surface area contributed by atoms with E-state index in [-0.39, 0.29) is 12.0 Å². The fourth-order valence-corrected chi connectivity index (χ4v) is 3.05. The molecule has 1 aliphatic carbocycles. The minimum absolute atomic E-state index is 0.181. The monoisotopic (exact) mass is 223 g/mol. The van der Waals surface area contributed by atoms with Gasteiger partial charge in [-0.3, -0.25) is 9.69 Å². The molecule has 1 aliphatic heterocycles. The highest BCUT2D eigenvalue weighted by Gasteiger charge is 2.50. The zero-order valence-corrected chi connectivity index (χ0v) is 11.1. The van der Waals surface area contributed by atoms with Crippen LogP contribution in [-0.4, -0.2) is 29.3 Å². The average molecular weight is 223 g/mol. The summed E-state index contributed by atoms with van der Waals surface area (Å²) >= 11 is 0. The van der Waals surface area contributed by atoms with Crippen molar-refractivity contribution >= 4 is 5.78 Å². The van der Waals surface area contributed by atoms with Crippen molar-refractivity contribution in [3.8, 4) is 0 Å². The number of hydrogen-bond donors (Lipinski definition) is 0. The lowest BCUT2D eigenvalue weighted by Gasteiger charge is -2.42. The maximum atomic E-state index is 12.3. The smallest absolute Gasteiger partial charge is 0.152 e. The predicted octanol–water partition coefficient (Wildman–Crippen LogP) is 2.86. The fraction of sp³-hybridized carbons (Fsp3) is 0.929. The van der Waals surface area contributed by atoms with Crippen molar-refractivity contribution in [2.45, 2.75) is 65.5 Å². The number of Topliss-reactive ketones (excluding diaryl/α,β-unsaturated/α-hetero) is 1. The number of piperidine rings is 1. The second-order valence-electron chi connectivity index (χ2n) is 6.36. The SMILES string of the molecule is CC(C)C(=O)[C@@H]1CC2(CCN1C(C)C)CC2. The average Bonchev–Trinajstić information content (AvgIpc) is 2.96. The Morgan fingerprint density at radius 2 is 1.81 bits per heavy atom. The molecule has 16 heavy (non-hydrogen) atoms. The van der Waals surface area contributed by atoms with E-state index in [1.54, 1.807) is 0 Å². The van der Waals surface area contributed by atoms with Crippen LogP contribution in [0.25, 0.3) is 0 Å². The first-order valence-corrected chi connectivity index (χ1v) is 6.75. The van der Waals surface area contributed by atoms with Gasteiger partial charge in [-0.15, -0.1) is 0 Å². The Morgan fingerprint density at radius 3 is 2.25 bits per heavy atom. The van der Waals surface area contributed by atoms with Crippen LogP contribution in [0.4, 0.5) is 0 Å². The van der Waals surface area contributed by atoms with Crippen LogP contribution in [-0.2, 0) is 4.79 Å². The van der Waals surface area contributed by atoms with E-state index >= 15 is 0 Å². The molecule has 1 spiro atoms. The molecule has 0 radical (unpaired) electrons. The summed E-state index contributed by atoms with van der Waals surface area (Å²) in [6.07, 6.45) is 5.16. The number of ketones is 1. The number of carbonyl (C=O) groups is 1. The van der Waals surface area contributed by atoms with Gasteiger partial charge in [0.05, 0.1) is 6.04 Å². The van der Waals surface area contributed by atoms with Gasteiger partial charge in [-0.25, -0.2) is 0 Å². The molecule has 0 bridgehead atoms. The zero-order valence-electron chi connectivity index (χ0n) is 11.1. The van der Waals surface area contributed by atoms with Crippen molar-refractivity contribution in [1.82, 2.24) is 4.90 Å². The molecule has 2 nitrogen and oxygen atoms in total. The van der Waals surface area contributed by atoms with Crippen LogP contribution in [0.15, 0.2) is 0 Å². The molecule has 1 atom stereocenters. The van der Waals surface area contributed by atoms with Crippen molar-refractivity contribution in [3.63, 3.8) is 0 Å². The lowest BCUT2D eigenvalue weighted by atomic mass is 9.83. The van der Waals surface area contributed by atoms with Crippen molar-refractivity contribution in [2.24, 2.45) is 11.3 Å². The second kappa shape index (κ2) is 4.14. The summed E-state index contributed by atoms with van der Waals surface area (Å²) in [5, 5.41) is 0. The molecule has 0 aromatic rings. The molecule has 1 saturated heterocycles. The molecule has 0 unspecified atom stereocenters. The molecule has 92 valence electrons. The van der Waals surface area contributed by atoms with E-state index in [0.29, 0.717) is 17.2 Å². The van der Waals surface area contributed by atoms with Gasteiger partial charge in [0.25, 0.3) is 0 Å². The van der Waals surface area contributed by atoms with Gasteiger partial charge in [-0.1, -0.05) is 13.8 Å². The van der Waals surface area contributed by atoms with Gasteiger partial charge in [0.1, 0.15) is 0 Å². The van der Waals surface area contributed by atoms with E-state index in [0.717, 1.165) is 13.0 Å². The highest BCUT2D eigenvalue weighted by Crippen LogP contribution is 2.55. The van der Waals surface area contributed by atoms with Crippen molar-refractivity contribution < 1.29 is 4.79 Å². The molecular formula is C14H25NO. The Bertz CT molecular complexity index is 278. The van der Waals surface area contributed by atoms with E-state index in [9.17, 15) is 4.79 Å². The van der Waals surface area contributed by atoms with Crippen molar-refractivity contribution in [3.05, 3.63) is 0 Å². The quantitative estimate of drug-likeness (QED) is 0.733. The zero-order chi connectivity index (χ0) is 11.9. The molecular weight excluding hydrogens is 198 g/mol. The first-order chi connectivity index (χ1) is 7.45. The largest absolute Gasteiger partial charge is 0.298 e. The third kappa shape index (κ3) is 2.17. The molecule has 2 heteroatoms. The number of hydrogen-bond acceptors (Lipinski definition) is 2. The number of rotatable bonds is 3. The summed E-state index contributed by atoms with van der Waals surface area (Å²) in [6, 6.07) is 0.708. The fourth-order valence-electron chi connectivity index (χ4n) is 3.05. The van der Waals surface area contributed by atoms with Crippen LogP contribution in [0.2, 0.25) is 0 Å². The Balaban J connectivity index is 2.11. The highest BCUT2D eigenvalue weighted by molar-refractivity contribution is 5.86. The number of likely N-dealkylation sites (tertiary alicyclic amines) is 1. The summed E-state index contributed by atoms with van der Waals surface area (Å²) in [7, 11) is 0. The molecule has 2 rings (SSSR count). The second-order valence-corrected chi connectivity index (χ2v) is 6.36. The van der Waals surface area contributed by atoms with Gasteiger partial charge in [0.2, 0.25) is 0 Å². The van der Waals surface area contributed by atoms with Crippen LogP contribution in [0.5, 0.6) is 0 Å². The van der Waals surface area contributed by atoms with Gasteiger partial charge in [0, 0.05) is 12.0 Å². The topological polar surface area (TPSA) is 20.3 Å². The Kier molecular flexibility index (Phi) is 3.13. The summed E-state index contributed by atoms with van der Waals surface area (Å²) in [5.41, 5.74) is 0.570. The first kappa shape index (κ1) is 12.1. The summed E-state index contributed by atoms with van der Waals surface area (Å²) in [5.74, 6) is 0.639. The van der Waals surface area contributed by atoms with E-state index in [1.807, 2.05) is 13.8 Å². The third-order valence-electron chi connectivity index (χ3n) is 4.44. The lowest BCUT2D eigenvalue weighted by molar-refractivity contribution is -0.130. The van der Waals surface area contributed by atoms with Gasteiger partial charge in [-0.05, 0) is 51.5 Å². The number of nitrogens with zero attached hydrogens (tertiary/aromatic N) is 1. The van der Waals surface area contributed by atoms with Gasteiger partial charge >= 0.3 is 0 Å². The van der Waals surface area contributed by atoms with Gasteiger partial charge in [0.15, 0.2) is 5.78 Å². The first-order valence-electron chi connectivity index (χ1n) is 6.75. The van der Waals surface area contributed by atoms with Crippen LogP contribution in [0, 0.1) is 11.3 Å². The Hall–Kier alpha value is -0.370. The van der Waals surface area contributed by atoms with Crippen LogP contribution in [0.1, 0.15) is 53.4 Å². The van der Waals surface area contributed by atoms with Gasteiger partial charge < -0.3 is 0 Å². The Labute approximate surface area is 99.4 Å². The van der Waals surface area contributed by atoms with Crippen molar-refractivity contribution in [2.75, 3.05) is 6.54 Å². The van der Waals surface area contributed by atoms with E-state index in [1.165, 1.54) is 19.3 Å². The molecule has 2 aliphatic rings.